The molecule has 1 amide bonds. The maximum Gasteiger partial charge on any atom is 0.251 e. The van der Waals surface area contributed by atoms with Crippen LogP contribution in [-0.4, -0.2) is 19.6 Å². The average molecular weight is 522 g/mol. The van der Waals surface area contributed by atoms with Gasteiger partial charge in [0, 0.05) is 39.9 Å². The largest absolute Gasteiger partial charge is 0.493 e. The van der Waals surface area contributed by atoms with Crippen molar-refractivity contribution in [1.82, 2.24) is 5.32 Å². The Morgan fingerprint density at radius 1 is 1.00 bits per heavy atom. The molecule has 0 saturated heterocycles. The second-order valence-electron chi connectivity index (χ2n) is 8.17. The van der Waals surface area contributed by atoms with Crippen LogP contribution in [0, 0.1) is 5.92 Å². The summed E-state index contributed by atoms with van der Waals surface area (Å²) in [5.41, 5.74) is 3.11. The molecule has 3 aromatic rings. The van der Waals surface area contributed by atoms with Gasteiger partial charge in [0.15, 0.2) is 11.5 Å². The van der Waals surface area contributed by atoms with Crippen molar-refractivity contribution in [2.75, 3.05) is 19.0 Å². The molecule has 0 radical (unpaired) electrons. The minimum absolute atomic E-state index is 0.0932. The molecule has 0 aliphatic heterocycles. The van der Waals surface area contributed by atoms with Crippen LogP contribution in [0.15, 0.2) is 54.6 Å². The molecule has 180 valence electrons. The van der Waals surface area contributed by atoms with Gasteiger partial charge in [-0.1, -0.05) is 60.8 Å². The zero-order chi connectivity index (χ0) is 24.7. The zero-order valence-corrected chi connectivity index (χ0v) is 21.5. The van der Waals surface area contributed by atoms with E-state index in [1.165, 1.54) is 0 Å². The molecule has 0 saturated carbocycles. The van der Waals surface area contributed by atoms with Crippen LogP contribution in [0.4, 0.5) is 5.69 Å². The van der Waals surface area contributed by atoms with Gasteiger partial charge in [0.2, 0.25) is 0 Å². The number of nitrogens with one attached hydrogen (secondary N) is 2. The first kappa shape index (κ1) is 26.0. The van der Waals surface area contributed by atoms with Crippen molar-refractivity contribution < 1.29 is 14.3 Å². The molecule has 0 aromatic heterocycles. The Morgan fingerprint density at radius 2 is 1.79 bits per heavy atom. The predicted octanol–water partition coefficient (Wildman–Crippen LogP) is 7.23. The van der Waals surface area contributed by atoms with Crippen LogP contribution in [0.5, 0.6) is 11.5 Å². The van der Waals surface area contributed by atoms with Crippen molar-refractivity contribution in [1.29, 1.82) is 0 Å². The van der Waals surface area contributed by atoms with E-state index in [2.05, 4.69) is 24.5 Å². The Morgan fingerprint density at radius 3 is 2.50 bits per heavy atom. The summed E-state index contributed by atoms with van der Waals surface area (Å²) >= 11 is 18.7. The highest BCUT2D eigenvalue weighted by Gasteiger charge is 2.14. The number of rotatable bonds is 10. The van der Waals surface area contributed by atoms with Crippen LogP contribution >= 0.6 is 34.8 Å². The molecule has 0 atom stereocenters. The van der Waals surface area contributed by atoms with E-state index in [4.69, 9.17) is 44.3 Å². The highest BCUT2D eigenvalue weighted by Crippen LogP contribution is 2.37. The molecule has 34 heavy (non-hydrogen) atoms. The van der Waals surface area contributed by atoms with Gasteiger partial charge in [-0.25, -0.2) is 0 Å². The standard InChI is InChI=1S/C26H27Cl3N2O3/c1-16(2)13-31-26(32)18-5-4-6-21(11-18)30-14-17-9-23(29)25(24(10-17)33-3)34-15-19-7-8-20(27)12-22(19)28/h4-12,16,30H,13-15H2,1-3H3,(H,31,32). The second-order valence-corrected chi connectivity index (χ2v) is 9.42. The van der Waals surface area contributed by atoms with E-state index in [0.717, 1.165) is 16.8 Å². The van der Waals surface area contributed by atoms with Gasteiger partial charge in [0.05, 0.1) is 12.1 Å². The lowest BCUT2D eigenvalue weighted by Gasteiger charge is -2.16. The molecule has 2 N–H and O–H groups in total. The maximum atomic E-state index is 12.3. The van der Waals surface area contributed by atoms with E-state index >= 15 is 0 Å². The minimum Gasteiger partial charge on any atom is -0.493 e. The number of ether oxygens (including phenoxy) is 2. The molecule has 3 aromatic carbocycles. The van der Waals surface area contributed by atoms with Gasteiger partial charge >= 0.3 is 0 Å². The highest BCUT2D eigenvalue weighted by atomic mass is 35.5. The van der Waals surface area contributed by atoms with Crippen molar-refractivity contribution in [2.24, 2.45) is 5.92 Å². The third-order valence-electron chi connectivity index (χ3n) is 4.97. The molecule has 0 fully saturated rings. The normalized spacial score (nSPS) is 10.8. The summed E-state index contributed by atoms with van der Waals surface area (Å²) in [4.78, 5) is 12.3. The topological polar surface area (TPSA) is 59.6 Å². The SMILES string of the molecule is COc1cc(CNc2cccc(C(=O)NCC(C)C)c2)cc(Cl)c1OCc1ccc(Cl)cc1Cl. The van der Waals surface area contributed by atoms with E-state index in [9.17, 15) is 4.79 Å². The number of methoxy groups -OCH3 is 1. The Hall–Kier alpha value is -2.60. The van der Waals surface area contributed by atoms with Gasteiger partial charge in [-0.3, -0.25) is 4.79 Å². The third-order valence-corrected chi connectivity index (χ3v) is 5.84. The number of benzene rings is 3. The average Bonchev–Trinajstić information content (AvgIpc) is 2.81. The Kier molecular flexibility index (Phi) is 9.34. The van der Waals surface area contributed by atoms with Crippen molar-refractivity contribution >= 4 is 46.4 Å². The van der Waals surface area contributed by atoms with Crippen LogP contribution in [0.2, 0.25) is 15.1 Å². The first-order chi connectivity index (χ1) is 16.3. The molecule has 0 unspecified atom stereocenters. The number of hydrogen-bond donors (Lipinski definition) is 2. The van der Waals surface area contributed by atoms with E-state index in [1.807, 2.05) is 30.3 Å². The third kappa shape index (κ3) is 7.20. The molecular weight excluding hydrogens is 495 g/mol. The molecule has 0 spiro atoms. The van der Waals surface area contributed by atoms with Gasteiger partial charge in [-0.2, -0.15) is 0 Å². The van der Waals surface area contributed by atoms with Crippen molar-refractivity contribution in [2.45, 2.75) is 27.0 Å². The summed E-state index contributed by atoms with van der Waals surface area (Å²) in [6.45, 7) is 5.45. The molecule has 5 nitrogen and oxygen atoms in total. The Balaban J connectivity index is 1.67. The van der Waals surface area contributed by atoms with E-state index in [-0.39, 0.29) is 12.5 Å². The summed E-state index contributed by atoms with van der Waals surface area (Å²) < 4.78 is 11.4. The molecule has 0 aliphatic carbocycles. The van der Waals surface area contributed by atoms with Crippen molar-refractivity contribution in [3.8, 4) is 11.5 Å². The van der Waals surface area contributed by atoms with Gasteiger partial charge in [0.25, 0.3) is 5.91 Å². The van der Waals surface area contributed by atoms with Crippen LogP contribution in [0.25, 0.3) is 0 Å². The minimum atomic E-state index is -0.0932. The van der Waals surface area contributed by atoms with Crippen LogP contribution in [0.3, 0.4) is 0 Å². The number of halogens is 3. The van der Waals surface area contributed by atoms with Crippen LogP contribution < -0.4 is 20.1 Å². The fraction of sp³-hybridized carbons (Fsp3) is 0.269. The molecule has 0 bridgehead atoms. The number of hydrogen-bond acceptors (Lipinski definition) is 4. The lowest BCUT2D eigenvalue weighted by atomic mass is 10.1. The van der Waals surface area contributed by atoms with Gasteiger partial charge in [0.1, 0.15) is 6.61 Å². The van der Waals surface area contributed by atoms with Crippen LogP contribution in [0.1, 0.15) is 35.3 Å². The first-order valence-electron chi connectivity index (χ1n) is 10.8. The maximum absolute atomic E-state index is 12.3. The second kappa shape index (κ2) is 12.2. The quantitative estimate of drug-likeness (QED) is 0.295. The monoisotopic (exact) mass is 520 g/mol. The molecule has 0 heterocycles. The van der Waals surface area contributed by atoms with Crippen LogP contribution in [-0.2, 0) is 13.2 Å². The van der Waals surface area contributed by atoms with Gasteiger partial charge < -0.3 is 20.1 Å². The number of amides is 1. The number of carbonyl (C=O) groups is 1. The number of anilines is 1. The molecule has 0 aliphatic rings. The lowest BCUT2D eigenvalue weighted by molar-refractivity contribution is 0.0949. The van der Waals surface area contributed by atoms with Gasteiger partial charge in [-0.15, -0.1) is 0 Å². The Labute approximate surface area is 215 Å². The first-order valence-corrected chi connectivity index (χ1v) is 12.0. The zero-order valence-electron chi connectivity index (χ0n) is 19.3. The summed E-state index contributed by atoms with van der Waals surface area (Å²) in [5.74, 6) is 1.24. The smallest absolute Gasteiger partial charge is 0.251 e. The molecule has 8 heteroatoms. The summed E-state index contributed by atoms with van der Waals surface area (Å²) in [6, 6.07) is 16.3. The fourth-order valence-electron chi connectivity index (χ4n) is 3.18. The Bertz CT molecular complexity index is 1150. The summed E-state index contributed by atoms with van der Waals surface area (Å²) in [7, 11) is 1.56. The number of carbonyl (C=O) groups excluding carboxylic acids is 1. The van der Waals surface area contributed by atoms with E-state index < -0.39 is 0 Å². The predicted molar refractivity (Wildman–Crippen MR) is 140 cm³/mol. The highest BCUT2D eigenvalue weighted by molar-refractivity contribution is 6.35. The van der Waals surface area contributed by atoms with Crippen molar-refractivity contribution in [3.63, 3.8) is 0 Å². The van der Waals surface area contributed by atoms with E-state index in [1.54, 1.807) is 31.4 Å². The molecule has 3 rings (SSSR count). The van der Waals surface area contributed by atoms with Gasteiger partial charge in [-0.05, 0) is 53.9 Å². The molecular formula is C26H27Cl3N2O3. The van der Waals surface area contributed by atoms with E-state index in [0.29, 0.717) is 51.1 Å². The lowest BCUT2D eigenvalue weighted by Crippen LogP contribution is -2.27. The summed E-state index contributed by atoms with van der Waals surface area (Å²) in [5, 5.41) is 7.75. The fourth-order valence-corrected chi connectivity index (χ4v) is 3.93. The summed E-state index contributed by atoms with van der Waals surface area (Å²) in [6.07, 6.45) is 0. The van der Waals surface area contributed by atoms with Crippen molar-refractivity contribution in [3.05, 3.63) is 86.4 Å².